The van der Waals surface area contributed by atoms with E-state index >= 15 is 0 Å². The van der Waals surface area contributed by atoms with E-state index in [1.54, 1.807) is 33.0 Å². The molecule has 0 spiro atoms. The summed E-state index contributed by atoms with van der Waals surface area (Å²) in [6.45, 7) is 8.76. The lowest BCUT2D eigenvalue weighted by Gasteiger charge is -2.32. The van der Waals surface area contributed by atoms with Crippen molar-refractivity contribution in [1.29, 1.82) is 5.26 Å². The lowest BCUT2D eigenvalue weighted by Crippen LogP contribution is -2.42. The van der Waals surface area contributed by atoms with Gasteiger partial charge in [0, 0.05) is 42.3 Å². The number of aromatic nitrogens is 2. The van der Waals surface area contributed by atoms with Gasteiger partial charge >= 0.3 is 6.09 Å². The highest BCUT2D eigenvalue weighted by atomic mass is 35.5. The van der Waals surface area contributed by atoms with Crippen LogP contribution >= 0.6 is 11.6 Å². The van der Waals surface area contributed by atoms with Gasteiger partial charge in [-0.05, 0) is 32.4 Å². The molecule has 4 rings (SSSR count). The third kappa shape index (κ3) is 4.70. The van der Waals surface area contributed by atoms with Gasteiger partial charge in [0.25, 0.3) is 0 Å². The van der Waals surface area contributed by atoms with Crippen LogP contribution < -0.4 is 0 Å². The third-order valence-corrected chi connectivity index (χ3v) is 5.79. The maximum absolute atomic E-state index is 12.7. The molecule has 1 saturated heterocycles. The second-order valence-electron chi connectivity index (χ2n) is 8.93. The second kappa shape index (κ2) is 9.02. The highest BCUT2D eigenvalue weighted by Crippen LogP contribution is 2.44. The lowest BCUT2D eigenvalue weighted by atomic mass is 9.77. The molecule has 0 aliphatic carbocycles. The quantitative estimate of drug-likeness (QED) is 0.694. The highest BCUT2D eigenvalue weighted by Gasteiger charge is 2.39. The van der Waals surface area contributed by atoms with E-state index in [2.05, 4.69) is 16.1 Å². The summed E-state index contributed by atoms with van der Waals surface area (Å²) < 4.78 is 12.1. The number of hydrogen-bond acceptors (Lipinski definition) is 7. The van der Waals surface area contributed by atoms with Gasteiger partial charge in [-0.1, -0.05) is 29.8 Å². The van der Waals surface area contributed by atoms with Crippen LogP contribution in [-0.2, 0) is 9.47 Å². The largest absolute Gasteiger partial charge is 0.442 e. The highest BCUT2D eigenvalue weighted by molar-refractivity contribution is 6.31. The standard InChI is InChI=1S/C23H26ClN5O3/c1-23(2,3)32-22(30)29-13-17-20(15-6-4-5-7-18(15)24)16(12-25)19(26-21(17)27-29)14-28-8-10-31-11-9-28/h4-7,13,16,20H,8-11,14H2,1-3H3. The van der Waals surface area contributed by atoms with Crippen molar-refractivity contribution in [2.75, 3.05) is 32.8 Å². The number of morpholine rings is 1. The fourth-order valence-electron chi connectivity index (χ4n) is 4.01. The number of ether oxygens (including phenoxy) is 2. The Morgan fingerprint density at radius 3 is 2.66 bits per heavy atom. The fraction of sp³-hybridized carbons (Fsp3) is 0.478. The monoisotopic (exact) mass is 455 g/mol. The molecule has 168 valence electrons. The Hall–Kier alpha value is -2.73. The van der Waals surface area contributed by atoms with Crippen molar-refractivity contribution in [1.82, 2.24) is 14.7 Å². The number of carbonyl (C=O) groups is 1. The minimum atomic E-state index is -0.661. The predicted octanol–water partition coefficient (Wildman–Crippen LogP) is 4.01. The number of rotatable bonds is 3. The molecule has 1 aromatic heterocycles. The summed E-state index contributed by atoms with van der Waals surface area (Å²) in [7, 11) is 0. The van der Waals surface area contributed by atoms with E-state index in [1.165, 1.54) is 0 Å². The number of carbonyl (C=O) groups excluding carboxylic acids is 1. The van der Waals surface area contributed by atoms with E-state index in [0.717, 1.165) is 23.3 Å². The number of nitrogens with zero attached hydrogens (tertiary/aromatic N) is 5. The van der Waals surface area contributed by atoms with Gasteiger partial charge in [-0.3, -0.25) is 4.90 Å². The van der Waals surface area contributed by atoms with Crippen molar-refractivity contribution in [3.8, 4) is 6.07 Å². The average molecular weight is 456 g/mol. The predicted molar refractivity (Wildman–Crippen MR) is 121 cm³/mol. The van der Waals surface area contributed by atoms with Crippen LogP contribution in [0.5, 0.6) is 0 Å². The van der Waals surface area contributed by atoms with Crippen LogP contribution in [0.4, 0.5) is 10.6 Å². The minimum absolute atomic E-state index is 0.395. The van der Waals surface area contributed by atoms with Gasteiger partial charge in [0.05, 0.1) is 30.9 Å². The summed E-state index contributed by atoms with van der Waals surface area (Å²) in [5.41, 5.74) is 1.54. The zero-order valence-corrected chi connectivity index (χ0v) is 19.2. The number of nitriles is 1. The Morgan fingerprint density at radius 1 is 1.28 bits per heavy atom. The van der Waals surface area contributed by atoms with Gasteiger partial charge in [0.15, 0.2) is 5.82 Å². The van der Waals surface area contributed by atoms with Crippen molar-refractivity contribution in [3.63, 3.8) is 0 Å². The second-order valence-corrected chi connectivity index (χ2v) is 9.34. The molecule has 2 aromatic rings. The molecule has 1 fully saturated rings. The van der Waals surface area contributed by atoms with Gasteiger partial charge in [0.2, 0.25) is 0 Å². The van der Waals surface area contributed by atoms with Crippen LogP contribution in [0, 0.1) is 17.2 Å². The molecule has 3 heterocycles. The first-order valence-corrected chi connectivity index (χ1v) is 11.0. The summed E-state index contributed by atoms with van der Waals surface area (Å²) in [5, 5.41) is 15.1. The molecule has 2 unspecified atom stereocenters. The Bertz CT molecular complexity index is 1080. The zero-order valence-electron chi connectivity index (χ0n) is 18.4. The normalized spacial score (nSPS) is 21.4. The first-order valence-electron chi connectivity index (χ1n) is 10.6. The topological polar surface area (TPSA) is 92.7 Å². The number of hydrogen-bond donors (Lipinski definition) is 0. The smallest absolute Gasteiger partial charge is 0.435 e. The fourth-order valence-corrected chi connectivity index (χ4v) is 4.26. The maximum atomic E-state index is 12.7. The van der Waals surface area contributed by atoms with E-state index in [0.29, 0.717) is 41.9 Å². The lowest BCUT2D eigenvalue weighted by molar-refractivity contribution is 0.0449. The van der Waals surface area contributed by atoms with Crippen molar-refractivity contribution in [3.05, 3.63) is 46.6 Å². The van der Waals surface area contributed by atoms with Crippen LogP contribution in [0.3, 0.4) is 0 Å². The SMILES string of the molecule is CC(C)(C)OC(=O)n1cc2c(n1)N=C(CN1CCOCC1)C(C#N)C2c1ccccc1Cl. The zero-order chi connectivity index (χ0) is 22.9. The van der Waals surface area contributed by atoms with Crippen molar-refractivity contribution in [2.45, 2.75) is 32.3 Å². The molecule has 0 amide bonds. The number of aliphatic imine (C=N–C) groups is 1. The molecule has 0 N–H and O–H groups in total. The van der Waals surface area contributed by atoms with Gasteiger partial charge in [-0.25, -0.2) is 9.79 Å². The van der Waals surface area contributed by atoms with Crippen LogP contribution in [0.2, 0.25) is 5.02 Å². The molecule has 0 saturated carbocycles. The van der Waals surface area contributed by atoms with E-state index < -0.39 is 23.5 Å². The van der Waals surface area contributed by atoms with Gasteiger partial charge < -0.3 is 9.47 Å². The van der Waals surface area contributed by atoms with Gasteiger partial charge in [0.1, 0.15) is 5.60 Å². The van der Waals surface area contributed by atoms with Crippen LogP contribution in [0.15, 0.2) is 35.5 Å². The molecular formula is C23H26ClN5O3. The molecule has 8 nitrogen and oxygen atoms in total. The molecule has 2 aliphatic heterocycles. The summed E-state index contributed by atoms with van der Waals surface area (Å²) >= 11 is 6.55. The van der Waals surface area contributed by atoms with E-state index in [1.807, 2.05) is 18.2 Å². The Kier molecular flexibility index (Phi) is 6.33. The number of fused-ring (bicyclic) bond motifs is 1. The third-order valence-electron chi connectivity index (χ3n) is 5.45. The number of halogens is 1. The molecule has 1 aromatic carbocycles. The molecule has 9 heteroatoms. The van der Waals surface area contributed by atoms with E-state index in [4.69, 9.17) is 26.1 Å². The Balaban J connectivity index is 1.78. The van der Waals surface area contributed by atoms with Crippen molar-refractivity contribution in [2.24, 2.45) is 10.9 Å². The Morgan fingerprint density at radius 2 is 2.00 bits per heavy atom. The molecule has 2 aliphatic rings. The van der Waals surface area contributed by atoms with Crippen molar-refractivity contribution < 1.29 is 14.3 Å². The summed E-state index contributed by atoms with van der Waals surface area (Å²) in [4.78, 5) is 19.6. The van der Waals surface area contributed by atoms with Crippen LogP contribution in [-0.4, -0.2) is 64.9 Å². The van der Waals surface area contributed by atoms with Gasteiger partial charge in [-0.15, -0.1) is 5.10 Å². The average Bonchev–Trinajstić information content (AvgIpc) is 3.17. The van der Waals surface area contributed by atoms with Crippen LogP contribution in [0.1, 0.15) is 37.8 Å². The summed E-state index contributed by atoms with van der Waals surface area (Å²) in [6.07, 6.45) is 1.01. The van der Waals surface area contributed by atoms with Crippen molar-refractivity contribution >= 4 is 29.2 Å². The summed E-state index contributed by atoms with van der Waals surface area (Å²) in [5.74, 6) is -0.523. The maximum Gasteiger partial charge on any atom is 0.435 e. The minimum Gasteiger partial charge on any atom is -0.442 e. The van der Waals surface area contributed by atoms with Gasteiger partial charge in [-0.2, -0.15) is 9.94 Å². The molecule has 0 bridgehead atoms. The molecular weight excluding hydrogens is 430 g/mol. The van der Waals surface area contributed by atoms with E-state index in [9.17, 15) is 10.1 Å². The number of benzene rings is 1. The molecule has 32 heavy (non-hydrogen) atoms. The first-order chi connectivity index (χ1) is 15.3. The summed E-state index contributed by atoms with van der Waals surface area (Å²) in [6, 6.07) is 9.89. The Labute approximate surface area is 192 Å². The van der Waals surface area contributed by atoms with Crippen LogP contribution in [0.25, 0.3) is 0 Å². The van der Waals surface area contributed by atoms with E-state index in [-0.39, 0.29) is 0 Å². The molecule has 0 radical (unpaired) electrons. The molecule has 2 atom stereocenters. The first kappa shape index (κ1) is 22.5.